The molecule has 1 aliphatic heterocycles. The van der Waals surface area contributed by atoms with E-state index in [0.29, 0.717) is 0 Å². The lowest BCUT2D eigenvalue weighted by Gasteiger charge is -2.35. The summed E-state index contributed by atoms with van der Waals surface area (Å²) in [6, 6.07) is 9.45. The third-order valence-corrected chi connectivity index (χ3v) is 5.03. The summed E-state index contributed by atoms with van der Waals surface area (Å²) in [5, 5.41) is 10.8. The van der Waals surface area contributed by atoms with E-state index in [9.17, 15) is 10.1 Å². The third kappa shape index (κ3) is 3.48. The van der Waals surface area contributed by atoms with Gasteiger partial charge in [-0.3, -0.25) is 15.0 Å². The smallest absolute Gasteiger partial charge is 0.287 e. The number of hydrogen-bond acceptors (Lipinski definition) is 6. The summed E-state index contributed by atoms with van der Waals surface area (Å²) >= 11 is 0. The van der Waals surface area contributed by atoms with Gasteiger partial charge in [0.05, 0.1) is 16.1 Å². The second kappa shape index (κ2) is 7.32. The van der Waals surface area contributed by atoms with Crippen LogP contribution in [0.15, 0.2) is 42.7 Å². The quantitative estimate of drug-likeness (QED) is 0.510. The van der Waals surface area contributed by atoms with Crippen molar-refractivity contribution in [1.82, 2.24) is 19.3 Å². The maximum atomic E-state index is 10.8. The molecule has 0 N–H and O–H groups in total. The highest BCUT2D eigenvalue weighted by Gasteiger charge is 2.21. The molecule has 0 radical (unpaired) electrons. The minimum atomic E-state index is -0.422. The van der Waals surface area contributed by atoms with Gasteiger partial charge < -0.3 is 9.30 Å². The number of aryl methyl sites for hydroxylation is 1. The molecule has 1 saturated heterocycles. The molecule has 0 atom stereocenters. The summed E-state index contributed by atoms with van der Waals surface area (Å²) < 4.78 is 2.17. The van der Waals surface area contributed by atoms with E-state index in [4.69, 9.17) is 4.98 Å². The van der Waals surface area contributed by atoms with E-state index in [-0.39, 0.29) is 5.69 Å². The van der Waals surface area contributed by atoms with Gasteiger partial charge in [-0.2, -0.15) is 0 Å². The first-order valence-corrected chi connectivity index (χ1v) is 9.18. The van der Waals surface area contributed by atoms with Gasteiger partial charge in [-0.1, -0.05) is 13.0 Å². The zero-order valence-corrected chi connectivity index (χ0v) is 15.3. The molecule has 3 aromatic rings. The fourth-order valence-electron chi connectivity index (χ4n) is 3.56. The molecule has 1 fully saturated rings. The molecule has 0 spiro atoms. The Balaban J connectivity index is 1.42. The van der Waals surface area contributed by atoms with Crippen molar-refractivity contribution in [3.63, 3.8) is 0 Å². The van der Waals surface area contributed by atoms with Gasteiger partial charge in [0.2, 0.25) is 0 Å². The molecular formula is C19H22N6O2. The van der Waals surface area contributed by atoms with Crippen LogP contribution in [-0.2, 0) is 13.0 Å². The number of pyridine rings is 2. The van der Waals surface area contributed by atoms with Gasteiger partial charge >= 0.3 is 0 Å². The Hall–Kier alpha value is -3.00. The van der Waals surface area contributed by atoms with Gasteiger partial charge in [0.15, 0.2) is 0 Å². The fourth-order valence-corrected chi connectivity index (χ4v) is 3.56. The van der Waals surface area contributed by atoms with E-state index in [1.54, 1.807) is 6.07 Å². The van der Waals surface area contributed by atoms with Crippen molar-refractivity contribution in [1.29, 1.82) is 0 Å². The van der Waals surface area contributed by atoms with Gasteiger partial charge in [-0.15, -0.1) is 0 Å². The minimum Gasteiger partial charge on any atom is -0.354 e. The molecule has 8 nitrogen and oxygen atoms in total. The van der Waals surface area contributed by atoms with E-state index in [2.05, 4.69) is 44.4 Å². The third-order valence-electron chi connectivity index (χ3n) is 5.03. The lowest BCUT2D eigenvalue weighted by Crippen LogP contribution is -2.46. The number of nitrogens with zero attached hydrogens (tertiary/aromatic N) is 6. The predicted molar refractivity (Wildman–Crippen MR) is 103 cm³/mol. The molecule has 4 heterocycles. The Morgan fingerprint density at radius 1 is 1.15 bits per heavy atom. The summed E-state index contributed by atoms with van der Waals surface area (Å²) in [7, 11) is 0. The van der Waals surface area contributed by atoms with Crippen LogP contribution >= 0.6 is 0 Å². The van der Waals surface area contributed by atoms with E-state index in [0.717, 1.165) is 56.5 Å². The fraction of sp³-hybridized carbons (Fsp3) is 0.368. The number of piperazine rings is 1. The van der Waals surface area contributed by atoms with Crippen LogP contribution in [-0.4, -0.2) is 50.4 Å². The maximum absolute atomic E-state index is 10.8. The van der Waals surface area contributed by atoms with Crippen LogP contribution in [0.3, 0.4) is 0 Å². The second-order valence-corrected chi connectivity index (χ2v) is 6.68. The summed E-state index contributed by atoms with van der Waals surface area (Å²) in [5.74, 6) is 1.88. The monoisotopic (exact) mass is 366 g/mol. The summed E-state index contributed by atoms with van der Waals surface area (Å²) in [4.78, 5) is 24.0. The van der Waals surface area contributed by atoms with Gasteiger partial charge in [0.25, 0.3) is 5.69 Å². The lowest BCUT2D eigenvalue weighted by atomic mass is 10.2. The van der Waals surface area contributed by atoms with Crippen LogP contribution in [0.2, 0.25) is 0 Å². The Bertz CT molecular complexity index is 944. The number of aromatic nitrogens is 3. The van der Waals surface area contributed by atoms with Crippen molar-refractivity contribution in [3.05, 3.63) is 64.4 Å². The highest BCUT2D eigenvalue weighted by atomic mass is 16.6. The number of nitro groups is 1. The Labute approximate surface area is 157 Å². The summed E-state index contributed by atoms with van der Waals surface area (Å²) in [6.07, 6.45) is 4.30. The largest absolute Gasteiger partial charge is 0.354 e. The average Bonchev–Trinajstić information content (AvgIpc) is 3.06. The minimum absolute atomic E-state index is 0.0239. The van der Waals surface area contributed by atoms with Crippen molar-refractivity contribution in [2.24, 2.45) is 0 Å². The standard InChI is InChI=1S/C19H22N6O2/c1-2-18-21-16(17-5-3-4-8-24(17)18)14-22-9-11-23(12-10-22)19-7-6-15(13-20-19)25(26)27/h3-8,13H,2,9-12,14H2,1H3. The van der Waals surface area contributed by atoms with E-state index in [1.807, 2.05) is 6.07 Å². The molecule has 4 rings (SSSR count). The van der Waals surface area contributed by atoms with Gasteiger partial charge in [0, 0.05) is 51.4 Å². The number of rotatable bonds is 5. The van der Waals surface area contributed by atoms with Crippen LogP contribution < -0.4 is 4.90 Å². The van der Waals surface area contributed by atoms with Crippen LogP contribution in [0.4, 0.5) is 11.5 Å². The first kappa shape index (κ1) is 17.4. The van der Waals surface area contributed by atoms with Crippen molar-refractivity contribution in [2.45, 2.75) is 19.9 Å². The van der Waals surface area contributed by atoms with Crippen LogP contribution in [0.1, 0.15) is 18.4 Å². The lowest BCUT2D eigenvalue weighted by molar-refractivity contribution is -0.385. The predicted octanol–water partition coefficient (Wildman–Crippen LogP) is 2.52. The Morgan fingerprint density at radius 3 is 2.63 bits per heavy atom. The second-order valence-electron chi connectivity index (χ2n) is 6.68. The molecule has 1 aliphatic rings. The van der Waals surface area contributed by atoms with E-state index < -0.39 is 4.92 Å². The topological polar surface area (TPSA) is 79.8 Å². The highest BCUT2D eigenvalue weighted by molar-refractivity contribution is 5.53. The van der Waals surface area contributed by atoms with Crippen LogP contribution in [0.25, 0.3) is 5.52 Å². The average molecular weight is 366 g/mol. The maximum Gasteiger partial charge on any atom is 0.287 e. The first-order valence-electron chi connectivity index (χ1n) is 9.18. The van der Waals surface area contributed by atoms with Gasteiger partial charge in [-0.25, -0.2) is 9.97 Å². The zero-order valence-electron chi connectivity index (χ0n) is 15.3. The zero-order chi connectivity index (χ0) is 18.8. The molecule has 0 saturated carbocycles. The Kier molecular flexibility index (Phi) is 4.72. The molecule has 0 aromatic carbocycles. The molecule has 8 heteroatoms. The molecule has 27 heavy (non-hydrogen) atoms. The molecule has 0 bridgehead atoms. The first-order chi connectivity index (χ1) is 13.2. The highest BCUT2D eigenvalue weighted by Crippen LogP contribution is 2.20. The molecule has 0 unspecified atom stereocenters. The van der Waals surface area contributed by atoms with Crippen molar-refractivity contribution in [3.8, 4) is 0 Å². The van der Waals surface area contributed by atoms with Gasteiger partial charge in [-0.05, 0) is 18.2 Å². The SMILES string of the molecule is CCc1nc(CN2CCN(c3ccc([N+](=O)[O-])cn3)CC2)c2ccccn12. The number of imidazole rings is 1. The molecule has 0 aliphatic carbocycles. The molecule has 3 aromatic heterocycles. The van der Waals surface area contributed by atoms with Crippen molar-refractivity contribution >= 4 is 17.0 Å². The molecule has 0 amide bonds. The molecular weight excluding hydrogens is 344 g/mol. The number of hydrogen-bond donors (Lipinski definition) is 0. The van der Waals surface area contributed by atoms with Gasteiger partial charge in [0.1, 0.15) is 17.8 Å². The van der Waals surface area contributed by atoms with Crippen LogP contribution in [0.5, 0.6) is 0 Å². The summed E-state index contributed by atoms with van der Waals surface area (Å²) in [6.45, 7) is 6.46. The van der Waals surface area contributed by atoms with Crippen molar-refractivity contribution < 1.29 is 4.92 Å². The van der Waals surface area contributed by atoms with E-state index >= 15 is 0 Å². The molecule has 140 valence electrons. The number of anilines is 1. The number of fused-ring (bicyclic) bond motifs is 1. The van der Waals surface area contributed by atoms with E-state index in [1.165, 1.54) is 17.8 Å². The summed E-state index contributed by atoms with van der Waals surface area (Å²) in [5.41, 5.74) is 2.32. The van der Waals surface area contributed by atoms with Crippen molar-refractivity contribution in [2.75, 3.05) is 31.1 Å². The normalized spacial score (nSPS) is 15.4. The van der Waals surface area contributed by atoms with Crippen LogP contribution in [0, 0.1) is 10.1 Å². The Morgan fingerprint density at radius 2 is 1.96 bits per heavy atom.